The van der Waals surface area contributed by atoms with Crippen molar-refractivity contribution in [1.29, 1.82) is 0 Å². The minimum Gasteiger partial charge on any atom is -0.481 e. The van der Waals surface area contributed by atoms with E-state index in [0.29, 0.717) is 18.9 Å². The second kappa shape index (κ2) is 5.72. The Labute approximate surface area is 119 Å². The van der Waals surface area contributed by atoms with Crippen LogP contribution >= 0.6 is 0 Å². The summed E-state index contributed by atoms with van der Waals surface area (Å²) in [5, 5.41) is 9.05. The Morgan fingerprint density at radius 1 is 0.950 bits per heavy atom. The molecule has 3 unspecified atom stereocenters. The summed E-state index contributed by atoms with van der Waals surface area (Å²) in [6.45, 7) is 3.85. The van der Waals surface area contributed by atoms with Gasteiger partial charge in [-0.3, -0.25) is 14.5 Å². The lowest BCUT2D eigenvalue weighted by atomic mass is 9.97. The van der Waals surface area contributed by atoms with Crippen molar-refractivity contribution in [2.24, 2.45) is 11.8 Å². The van der Waals surface area contributed by atoms with Gasteiger partial charge in [-0.25, -0.2) is 0 Å². The van der Waals surface area contributed by atoms with Gasteiger partial charge in [-0.1, -0.05) is 6.42 Å². The second-order valence-electron chi connectivity index (χ2n) is 6.51. The number of piperazine rings is 1. The first-order valence-electron chi connectivity index (χ1n) is 7.91. The first kappa shape index (κ1) is 13.9. The van der Waals surface area contributed by atoms with Crippen LogP contribution in [0.4, 0.5) is 0 Å². The molecule has 20 heavy (non-hydrogen) atoms. The molecule has 5 nitrogen and oxygen atoms in total. The van der Waals surface area contributed by atoms with E-state index in [-0.39, 0.29) is 17.7 Å². The average Bonchev–Trinajstić information content (AvgIpc) is 2.96. The zero-order valence-electron chi connectivity index (χ0n) is 12.0. The molecule has 0 aromatic carbocycles. The fourth-order valence-electron chi connectivity index (χ4n) is 4.04. The maximum Gasteiger partial charge on any atom is 0.306 e. The lowest BCUT2D eigenvalue weighted by Crippen LogP contribution is -2.57. The van der Waals surface area contributed by atoms with Gasteiger partial charge in [0.25, 0.3) is 0 Å². The summed E-state index contributed by atoms with van der Waals surface area (Å²) in [5.74, 6) is -0.887. The van der Waals surface area contributed by atoms with Crippen molar-refractivity contribution >= 4 is 11.9 Å². The monoisotopic (exact) mass is 280 g/mol. The Hall–Kier alpha value is -1.10. The predicted octanol–water partition coefficient (Wildman–Crippen LogP) is 1.18. The van der Waals surface area contributed by atoms with Crippen molar-refractivity contribution in [1.82, 2.24) is 9.80 Å². The molecule has 5 heteroatoms. The Morgan fingerprint density at radius 3 is 2.50 bits per heavy atom. The van der Waals surface area contributed by atoms with Crippen molar-refractivity contribution < 1.29 is 14.7 Å². The highest BCUT2D eigenvalue weighted by Gasteiger charge is 2.38. The first-order valence-corrected chi connectivity index (χ1v) is 7.91. The van der Waals surface area contributed by atoms with Gasteiger partial charge >= 0.3 is 5.97 Å². The summed E-state index contributed by atoms with van der Waals surface area (Å²) in [5.41, 5.74) is 0. The molecule has 3 aliphatic rings. The van der Waals surface area contributed by atoms with E-state index in [1.165, 1.54) is 25.8 Å². The minimum atomic E-state index is -0.739. The maximum atomic E-state index is 12.6. The summed E-state index contributed by atoms with van der Waals surface area (Å²) >= 11 is 0. The molecule has 3 atom stereocenters. The Bertz CT molecular complexity index is 399. The van der Waals surface area contributed by atoms with Crippen LogP contribution in [0.15, 0.2) is 0 Å². The van der Waals surface area contributed by atoms with Crippen LogP contribution in [0.25, 0.3) is 0 Å². The van der Waals surface area contributed by atoms with E-state index in [9.17, 15) is 9.59 Å². The number of nitrogens with zero attached hydrogens (tertiary/aromatic N) is 2. The van der Waals surface area contributed by atoms with Crippen LogP contribution in [0.1, 0.15) is 38.5 Å². The van der Waals surface area contributed by atoms with Crippen LogP contribution in [0.3, 0.4) is 0 Å². The molecular weight excluding hydrogens is 256 g/mol. The second-order valence-corrected chi connectivity index (χ2v) is 6.51. The largest absolute Gasteiger partial charge is 0.481 e. The average molecular weight is 280 g/mol. The van der Waals surface area contributed by atoms with Gasteiger partial charge in [0.2, 0.25) is 5.91 Å². The van der Waals surface area contributed by atoms with Crippen LogP contribution < -0.4 is 0 Å². The zero-order valence-corrected chi connectivity index (χ0v) is 12.0. The van der Waals surface area contributed by atoms with Gasteiger partial charge in [0.1, 0.15) is 0 Å². The molecule has 1 aliphatic carbocycles. The molecule has 0 aromatic rings. The van der Waals surface area contributed by atoms with Gasteiger partial charge in [0.15, 0.2) is 0 Å². The van der Waals surface area contributed by atoms with Gasteiger partial charge in [0, 0.05) is 31.6 Å². The van der Waals surface area contributed by atoms with Crippen molar-refractivity contribution in [3.8, 4) is 0 Å². The molecule has 3 rings (SSSR count). The normalized spacial score (nSPS) is 34.8. The van der Waals surface area contributed by atoms with Crippen LogP contribution in [0.2, 0.25) is 0 Å². The number of fused-ring (bicyclic) bond motifs is 1. The third kappa shape index (κ3) is 2.68. The fraction of sp³-hybridized carbons (Fsp3) is 0.867. The molecule has 1 amide bonds. The molecule has 112 valence electrons. The number of hydrogen-bond acceptors (Lipinski definition) is 3. The number of carboxylic acid groups (broad SMARTS) is 1. The molecular formula is C15H24N2O3. The lowest BCUT2D eigenvalue weighted by Gasteiger charge is -2.44. The maximum absolute atomic E-state index is 12.6. The van der Waals surface area contributed by atoms with E-state index >= 15 is 0 Å². The van der Waals surface area contributed by atoms with Gasteiger partial charge < -0.3 is 10.0 Å². The van der Waals surface area contributed by atoms with Crippen LogP contribution in [0, 0.1) is 11.8 Å². The number of rotatable bonds is 2. The third-order valence-electron chi connectivity index (χ3n) is 5.28. The van der Waals surface area contributed by atoms with Gasteiger partial charge in [-0.05, 0) is 38.6 Å². The SMILES string of the molecule is O=C(O)C1CCC(C(=O)N2CCN3CCCCC3C2)C1. The van der Waals surface area contributed by atoms with Crippen molar-refractivity contribution in [3.05, 3.63) is 0 Å². The Morgan fingerprint density at radius 2 is 1.75 bits per heavy atom. The standard InChI is InChI=1S/C15H24N2O3/c18-14(11-4-5-12(9-11)15(19)20)17-8-7-16-6-2-1-3-13(16)10-17/h11-13H,1-10H2,(H,19,20). The Kier molecular flexibility index (Phi) is 3.96. The molecule has 0 radical (unpaired) electrons. The number of amides is 1. The quantitative estimate of drug-likeness (QED) is 0.825. The predicted molar refractivity (Wildman–Crippen MR) is 74.3 cm³/mol. The smallest absolute Gasteiger partial charge is 0.306 e. The molecule has 2 aliphatic heterocycles. The molecule has 2 heterocycles. The van der Waals surface area contributed by atoms with E-state index in [2.05, 4.69) is 4.90 Å². The first-order chi connectivity index (χ1) is 9.65. The summed E-state index contributed by atoms with van der Waals surface area (Å²) in [7, 11) is 0. The number of carboxylic acids is 1. The van der Waals surface area contributed by atoms with Crippen molar-refractivity contribution in [2.75, 3.05) is 26.2 Å². The van der Waals surface area contributed by atoms with E-state index < -0.39 is 5.97 Å². The van der Waals surface area contributed by atoms with E-state index in [1.807, 2.05) is 4.90 Å². The van der Waals surface area contributed by atoms with E-state index in [4.69, 9.17) is 5.11 Å². The molecule has 3 fully saturated rings. The van der Waals surface area contributed by atoms with Crippen LogP contribution in [0.5, 0.6) is 0 Å². The van der Waals surface area contributed by atoms with Crippen molar-refractivity contribution in [2.45, 2.75) is 44.6 Å². The molecule has 1 N–H and O–H groups in total. The van der Waals surface area contributed by atoms with E-state index in [0.717, 1.165) is 26.1 Å². The number of carbonyl (C=O) groups is 2. The lowest BCUT2D eigenvalue weighted by molar-refractivity contribution is -0.142. The van der Waals surface area contributed by atoms with E-state index in [1.54, 1.807) is 0 Å². The number of piperidine rings is 1. The fourth-order valence-corrected chi connectivity index (χ4v) is 4.04. The van der Waals surface area contributed by atoms with Crippen LogP contribution in [-0.4, -0.2) is 59.0 Å². The molecule has 0 spiro atoms. The number of hydrogen-bond donors (Lipinski definition) is 1. The third-order valence-corrected chi connectivity index (χ3v) is 5.28. The summed E-state index contributed by atoms with van der Waals surface area (Å²) in [6, 6.07) is 0.540. The number of aliphatic carboxylic acids is 1. The number of carbonyl (C=O) groups excluding carboxylic acids is 1. The Balaban J connectivity index is 1.57. The molecule has 0 aromatic heterocycles. The highest BCUT2D eigenvalue weighted by Crippen LogP contribution is 2.33. The van der Waals surface area contributed by atoms with Crippen molar-refractivity contribution in [3.63, 3.8) is 0 Å². The molecule has 2 saturated heterocycles. The van der Waals surface area contributed by atoms with Gasteiger partial charge in [-0.2, -0.15) is 0 Å². The zero-order chi connectivity index (χ0) is 14.1. The summed E-state index contributed by atoms with van der Waals surface area (Å²) < 4.78 is 0. The summed E-state index contributed by atoms with van der Waals surface area (Å²) in [4.78, 5) is 28.1. The molecule has 0 bridgehead atoms. The van der Waals surface area contributed by atoms with Crippen LogP contribution in [-0.2, 0) is 9.59 Å². The topological polar surface area (TPSA) is 60.9 Å². The van der Waals surface area contributed by atoms with Gasteiger partial charge in [0.05, 0.1) is 5.92 Å². The highest BCUT2D eigenvalue weighted by molar-refractivity contribution is 5.81. The highest BCUT2D eigenvalue weighted by atomic mass is 16.4. The summed E-state index contributed by atoms with van der Waals surface area (Å²) in [6.07, 6.45) is 5.71. The minimum absolute atomic E-state index is 0.0498. The molecule has 1 saturated carbocycles. The van der Waals surface area contributed by atoms with Gasteiger partial charge in [-0.15, -0.1) is 0 Å².